The van der Waals surface area contributed by atoms with Crippen molar-refractivity contribution in [3.63, 3.8) is 0 Å². The molecule has 0 aliphatic rings. The molecule has 0 fully saturated rings. The van der Waals surface area contributed by atoms with E-state index in [1.165, 1.54) is 6.92 Å². The second kappa shape index (κ2) is 4.18. The Kier molecular flexibility index (Phi) is 3.30. The summed E-state index contributed by atoms with van der Waals surface area (Å²) in [4.78, 5) is 10.5. The number of carbonyl (C=O) groups is 1. The molecule has 7 heteroatoms. The van der Waals surface area contributed by atoms with E-state index in [0.717, 1.165) is 19.2 Å². The van der Waals surface area contributed by atoms with Gasteiger partial charge in [0.25, 0.3) is 0 Å². The number of methoxy groups -OCH3 is 1. The zero-order valence-corrected chi connectivity index (χ0v) is 9.47. The van der Waals surface area contributed by atoms with Gasteiger partial charge in [-0.25, -0.2) is 22.7 Å². The van der Waals surface area contributed by atoms with Crippen molar-refractivity contribution < 1.29 is 22.3 Å². The SMILES string of the molecule is COC(=O)c1cc(S(N)(=O)=O)c(F)cc1C. The van der Waals surface area contributed by atoms with Gasteiger partial charge in [0.15, 0.2) is 0 Å². The second-order valence-electron chi connectivity index (χ2n) is 3.13. The fourth-order valence-electron chi connectivity index (χ4n) is 1.20. The molecule has 0 aliphatic carbocycles. The number of carbonyl (C=O) groups excluding carboxylic acids is 1. The zero-order valence-electron chi connectivity index (χ0n) is 8.65. The van der Waals surface area contributed by atoms with Crippen molar-refractivity contribution in [2.75, 3.05) is 7.11 Å². The van der Waals surface area contributed by atoms with Gasteiger partial charge in [-0.15, -0.1) is 0 Å². The molecule has 0 unspecified atom stereocenters. The summed E-state index contributed by atoms with van der Waals surface area (Å²) in [6, 6.07) is 1.79. The number of esters is 1. The molecule has 0 aromatic heterocycles. The Morgan fingerprint density at radius 2 is 2.00 bits per heavy atom. The number of aryl methyl sites for hydroxylation is 1. The minimum absolute atomic E-state index is 0.0343. The number of nitrogens with two attached hydrogens (primary N) is 1. The molecule has 88 valence electrons. The Hall–Kier alpha value is -1.47. The molecule has 0 heterocycles. The van der Waals surface area contributed by atoms with Crippen LogP contribution in [0.2, 0.25) is 0 Å². The summed E-state index contributed by atoms with van der Waals surface area (Å²) in [7, 11) is -3.06. The Balaban J connectivity index is 3.51. The van der Waals surface area contributed by atoms with Crippen LogP contribution in [0.25, 0.3) is 0 Å². The van der Waals surface area contributed by atoms with Crippen LogP contribution in [-0.4, -0.2) is 21.5 Å². The van der Waals surface area contributed by atoms with Gasteiger partial charge in [-0.05, 0) is 24.6 Å². The van der Waals surface area contributed by atoms with E-state index in [1.807, 2.05) is 0 Å². The minimum Gasteiger partial charge on any atom is -0.465 e. The number of hydrogen-bond acceptors (Lipinski definition) is 4. The molecule has 2 N–H and O–H groups in total. The van der Waals surface area contributed by atoms with Crippen LogP contribution in [0.3, 0.4) is 0 Å². The average molecular weight is 247 g/mol. The summed E-state index contributed by atoms with van der Waals surface area (Å²) in [5, 5.41) is 4.80. The first kappa shape index (κ1) is 12.6. The highest BCUT2D eigenvalue weighted by atomic mass is 32.2. The molecule has 0 radical (unpaired) electrons. The lowest BCUT2D eigenvalue weighted by Crippen LogP contribution is -2.16. The van der Waals surface area contributed by atoms with Gasteiger partial charge in [-0.2, -0.15) is 0 Å². The normalized spacial score (nSPS) is 11.2. The van der Waals surface area contributed by atoms with E-state index in [-0.39, 0.29) is 11.1 Å². The number of benzene rings is 1. The predicted octanol–water partition coefficient (Wildman–Crippen LogP) is 0.568. The third-order valence-corrected chi connectivity index (χ3v) is 2.92. The molecule has 0 bridgehead atoms. The maximum Gasteiger partial charge on any atom is 0.338 e. The minimum atomic E-state index is -4.20. The van der Waals surface area contributed by atoms with Crippen molar-refractivity contribution in [1.82, 2.24) is 0 Å². The highest BCUT2D eigenvalue weighted by Crippen LogP contribution is 2.19. The van der Waals surface area contributed by atoms with Gasteiger partial charge < -0.3 is 4.74 Å². The summed E-state index contributed by atoms with van der Waals surface area (Å²) >= 11 is 0. The van der Waals surface area contributed by atoms with E-state index in [2.05, 4.69) is 4.74 Å². The van der Waals surface area contributed by atoms with Crippen molar-refractivity contribution in [1.29, 1.82) is 0 Å². The number of sulfonamides is 1. The highest BCUT2D eigenvalue weighted by Gasteiger charge is 2.20. The molecule has 1 aromatic carbocycles. The van der Waals surface area contributed by atoms with E-state index < -0.39 is 26.7 Å². The van der Waals surface area contributed by atoms with Crippen LogP contribution >= 0.6 is 0 Å². The quantitative estimate of drug-likeness (QED) is 0.774. The van der Waals surface area contributed by atoms with Gasteiger partial charge in [0, 0.05) is 0 Å². The van der Waals surface area contributed by atoms with Gasteiger partial charge >= 0.3 is 5.97 Å². The lowest BCUT2D eigenvalue weighted by molar-refractivity contribution is 0.0599. The van der Waals surface area contributed by atoms with Gasteiger partial charge in [-0.1, -0.05) is 0 Å². The highest BCUT2D eigenvalue weighted by molar-refractivity contribution is 7.89. The molecular formula is C9H10FNO4S. The van der Waals surface area contributed by atoms with Crippen molar-refractivity contribution in [2.45, 2.75) is 11.8 Å². The molecule has 0 saturated carbocycles. The predicted molar refractivity (Wildman–Crippen MR) is 53.8 cm³/mol. The standard InChI is InChI=1S/C9H10FNO4S/c1-5-3-7(10)8(16(11,13)14)4-6(5)9(12)15-2/h3-4H,1-2H3,(H2,11,13,14). The molecule has 0 amide bonds. The topological polar surface area (TPSA) is 86.5 Å². The van der Waals surface area contributed by atoms with Crippen LogP contribution < -0.4 is 5.14 Å². The van der Waals surface area contributed by atoms with E-state index in [1.54, 1.807) is 0 Å². The summed E-state index contributed by atoms with van der Waals surface area (Å²) in [6.07, 6.45) is 0. The van der Waals surface area contributed by atoms with Gasteiger partial charge in [-0.3, -0.25) is 0 Å². The monoisotopic (exact) mass is 247 g/mol. The molecule has 0 atom stereocenters. The van der Waals surface area contributed by atoms with Crippen LogP contribution in [-0.2, 0) is 14.8 Å². The summed E-state index contributed by atoms with van der Waals surface area (Å²) in [5.74, 6) is -1.74. The van der Waals surface area contributed by atoms with Gasteiger partial charge in [0.2, 0.25) is 10.0 Å². The zero-order chi connectivity index (χ0) is 12.5. The lowest BCUT2D eigenvalue weighted by atomic mass is 10.1. The summed E-state index contributed by atoms with van der Waals surface area (Å²) in [6.45, 7) is 1.46. The largest absolute Gasteiger partial charge is 0.465 e. The van der Waals surface area contributed by atoms with Crippen LogP contribution in [0.1, 0.15) is 15.9 Å². The molecule has 0 spiro atoms. The fraction of sp³-hybridized carbons (Fsp3) is 0.222. The molecule has 1 rings (SSSR count). The number of hydrogen-bond donors (Lipinski definition) is 1. The fourth-order valence-corrected chi connectivity index (χ4v) is 1.81. The van der Waals surface area contributed by atoms with Crippen LogP contribution in [0.4, 0.5) is 4.39 Å². The first-order chi connectivity index (χ1) is 7.27. The second-order valence-corrected chi connectivity index (χ2v) is 4.66. The molecule has 1 aromatic rings. The average Bonchev–Trinajstić information content (AvgIpc) is 2.14. The third kappa shape index (κ3) is 2.37. The maximum absolute atomic E-state index is 13.3. The van der Waals surface area contributed by atoms with Crippen molar-refractivity contribution in [3.05, 3.63) is 29.1 Å². The molecule has 5 nitrogen and oxygen atoms in total. The lowest BCUT2D eigenvalue weighted by Gasteiger charge is -2.07. The van der Waals surface area contributed by atoms with E-state index >= 15 is 0 Å². The smallest absolute Gasteiger partial charge is 0.338 e. The van der Waals surface area contributed by atoms with E-state index in [4.69, 9.17) is 5.14 Å². The maximum atomic E-state index is 13.3. The van der Waals surface area contributed by atoms with Crippen LogP contribution in [0.15, 0.2) is 17.0 Å². The van der Waals surface area contributed by atoms with E-state index in [9.17, 15) is 17.6 Å². The van der Waals surface area contributed by atoms with Crippen molar-refractivity contribution in [3.8, 4) is 0 Å². The number of rotatable bonds is 2. The van der Waals surface area contributed by atoms with Crippen LogP contribution in [0, 0.1) is 12.7 Å². The van der Waals surface area contributed by atoms with Gasteiger partial charge in [0.05, 0.1) is 12.7 Å². The molecule has 0 aliphatic heterocycles. The van der Waals surface area contributed by atoms with Crippen molar-refractivity contribution in [2.24, 2.45) is 5.14 Å². The molecule has 16 heavy (non-hydrogen) atoms. The summed E-state index contributed by atoms with van der Waals surface area (Å²) < 4.78 is 39.7. The third-order valence-electron chi connectivity index (χ3n) is 1.99. The van der Waals surface area contributed by atoms with E-state index in [0.29, 0.717) is 0 Å². The number of halogens is 1. The molecule has 0 saturated heterocycles. The Morgan fingerprint density at radius 1 is 1.44 bits per heavy atom. The molecular weight excluding hydrogens is 237 g/mol. The van der Waals surface area contributed by atoms with Crippen molar-refractivity contribution >= 4 is 16.0 Å². The number of ether oxygens (including phenoxy) is 1. The number of primary sulfonamides is 1. The Bertz CT molecular complexity index is 539. The van der Waals surface area contributed by atoms with Crippen LogP contribution in [0.5, 0.6) is 0 Å². The Morgan fingerprint density at radius 3 is 2.44 bits per heavy atom. The Labute approximate surface area is 92.1 Å². The first-order valence-corrected chi connectivity index (χ1v) is 5.73. The first-order valence-electron chi connectivity index (χ1n) is 4.18. The van der Waals surface area contributed by atoms with Gasteiger partial charge in [0.1, 0.15) is 10.7 Å². The summed E-state index contributed by atoms with van der Waals surface area (Å²) in [5.41, 5.74) is 0.240.